The molecule has 7 nitrogen and oxygen atoms in total. The molecule has 1 aromatic rings. The molecule has 0 spiro atoms. The third kappa shape index (κ3) is 8.85. The molecular formula is C17H28N2O5S. The second-order valence-electron chi connectivity index (χ2n) is 5.87. The molecule has 142 valence electrons. The largest absolute Gasteiger partial charge is 0.494 e. The number of ether oxygens (including phenoxy) is 1. The topological polar surface area (TPSA) is 119 Å². The van der Waals surface area contributed by atoms with E-state index >= 15 is 0 Å². The van der Waals surface area contributed by atoms with Crippen molar-refractivity contribution in [2.45, 2.75) is 45.1 Å². The van der Waals surface area contributed by atoms with Crippen LogP contribution in [0.2, 0.25) is 0 Å². The molecule has 0 aliphatic carbocycles. The van der Waals surface area contributed by atoms with Gasteiger partial charge in [-0.3, -0.25) is 4.79 Å². The highest BCUT2D eigenvalue weighted by Gasteiger charge is 2.24. The molecule has 25 heavy (non-hydrogen) atoms. The zero-order valence-electron chi connectivity index (χ0n) is 14.6. The molecule has 0 bridgehead atoms. The third-order valence-electron chi connectivity index (χ3n) is 3.62. The average molecular weight is 372 g/mol. The molecule has 0 heterocycles. The Morgan fingerprint density at radius 2 is 1.92 bits per heavy atom. The zero-order chi connectivity index (χ0) is 18.7. The van der Waals surface area contributed by atoms with Crippen molar-refractivity contribution in [3.63, 3.8) is 0 Å². The molecule has 0 aliphatic heterocycles. The predicted molar refractivity (Wildman–Crippen MR) is 97.2 cm³/mol. The fourth-order valence-corrected chi connectivity index (χ4v) is 3.59. The fraction of sp³-hybridized carbons (Fsp3) is 0.588. The second kappa shape index (κ2) is 11.1. The van der Waals surface area contributed by atoms with Crippen LogP contribution in [0.5, 0.6) is 5.75 Å². The Kier molecular flexibility index (Phi) is 9.48. The summed E-state index contributed by atoms with van der Waals surface area (Å²) in [6.07, 6.45) is 3.08. The first-order valence-electron chi connectivity index (χ1n) is 8.52. The number of unbranched alkanes of at least 4 members (excludes halogenated alkanes) is 2. The quantitative estimate of drug-likeness (QED) is 0.452. The van der Waals surface area contributed by atoms with Gasteiger partial charge in [0.05, 0.1) is 12.4 Å². The van der Waals surface area contributed by atoms with Gasteiger partial charge >= 0.3 is 5.97 Å². The van der Waals surface area contributed by atoms with E-state index in [0.29, 0.717) is 25.3 Å². The lowest BCUT2D eigenvalue weighted by Crippen LogP contribution is -2.43. The SMILES string of the molecule is CCCCS(=O)(=O)N[C@H](Cc1ccc(OCCCCN)cc1)C(=O)O. The maximum atomic E-state index is 11.9. The van der Waals surface area contributed by atoms with Gasteiger partial charge in [0.25, 0.3) is 0 Å². The summed E-state index contributed by atoms with van der Waals surface area (Å²) in [7, 11) is -3.60. The van der Waals surface area contributed by atoms with Crippen molar-refractivity contribution in [1.82, 2.24) is 4.72 Å². The highest BCUT2D eigenvalue weighted by Crippen LogP contribution is 2.14. The van der Waals surface area contributed by atoms with Gasteiger partial charge in [-0.25, -0.2) is 13.1 Å². The number of benzene rings is 1. The van der Waals surface area contributed by atoms with E-state index in [4.69, 9.17) is 10.5 Å². The molecule has 0 radical (unpaired) electrons. The summed E-state index contributed by atoms with van der Waals surface area (Å²) in [6.45, 7) is 3.09. The first kappa shape index (κ1) is 21.4. The molecular weight excluding hydrogens is 344 g/mol. The molecule has 4 N–H and O–H groups in total. The predicted octanol–water partition coefficient (Wildman–Crippen LogP) is 1.52. The summed E-state index contributed by atoms with van der Waals surface area (Å²) in [5, 5.41) is 9.28. The monoisotopic (exact) mass is 372 g/mol. The Hall–Kier alpha value is -1.64. The molecule has 0 aliphatic rings. The lowest BCUT2D eigenvalue weighted by Gasteiger charge is -2.15. The number of nitrogens with one attached hydrogen (secondary N) is 1. The number of carbonyl (C=O) groups is 1. The minimum atomic E-state index is -3.60. The molecule has 0 amide bonds. The van der Waals surface area contributed by atoms with Crippen LogP contribution in [-0.2, 0) is 21.2 Å². The van der Waals surface area contributed by atoms with Crippen molar-refractivity contribution in [2.24, 2.45) is 5.73 Å². The fourth-order valence-electron chi connectivity index (χ4n) is 2.18. The van der Waals surface area contributed by atoms with Crippen LogP contribution in [0, 0.1) is 0 Å². The van der Waals surface area contributed by atoms with Crippen LogP contribution >= 0.6 is 0 Å². The van der Waals surface area contributed by atoms with E-state index in [0.717, 1.165) is 24.8 Å². The molecule has 0 saturated heterocycles. The summed E-state index contributed by atoms with van der Waals surface area (Å²) in [5.74, 6) is -0.568. The van der Waals surface area contributed by atoms with Crippen LogP contribution in [-0.4, -0.2) is 44.4 Å². The van der Waals surface area contributed by atoms with Crippen molar-refractivity contribution >= 4 is 16.0 Å². The minimum Gasteiger partial charge on any atom is -0.494 e. The molecule has 1 aromatic carbocycles. The van der Waals surface area contributed by atoms with Gasteiger partial charge in [0, 0.05) is 0 Å². The van der Waals surface area contributed by atoms with Crippen molar-refractivity contribution < 1.29 is 23.1 Å². The summed E-state index contributed by atoms with van der Waals surface area (Å²) < 4.78 is 31.7. The number of sulfonamides is 1. The molecule has 0 saturated carbocycles. The number of hydrogen-bond donors (Lipinski definition) is 3. The van der Waals surface area contributed by atoms with Gasteiger partial charge in [-0.15, -0.1) is 0 Å². The lowest BCUT2D eigenvalue weighted by atomic mass is 10.1. The highest BCUT2D eigenvalue weighted by atomic mass is 32.2. The van der Waals surface area contributed by atoms with Crippen molar-refractivity contribution in [1.29, 1.82) is 0 Å². The van der Waals surface area contributed by atoms with Gasteiger partial charge in [0.1, 0.15) is 11.8 Å². The first-order chi connectivity index (χ1) is 11.9. The summed E-state index contributed by atoms with van der Waals surface area (Å²) in [6, 6.07) is 5.81. The number of carboxylic acid groups (broad SMARTS) is 1. The van der Waals surface area contributed by atoms with Crippen molar-refractivity contribution in [2.75, 3.05) is 18.9 Å². The second-order valence-corrected chi connectivity index (χ2v) is 7.75. The smallest absolute Gasteiger partial charge is 0.322 e. The Morgan fingerprint density at radius 1 is 1.24 bits per heavy atom. The molecule has 1 rings (SSSR count). The Morgan fingerprint density at radius 3 is 2.48 bits per heavy atom. The van der Waals surface area contributed by atoms with Gasteiger partial charge in [-0.1, -0.05) is 25.5 Å². The van der Waals surface area contributed by atoms with Gasteiger partial charge in [0.15, 0.2) is 0 Å². The lowest BCUT2D eigenvalue weighted by molar-refractivity contribution is -0.138. The summed E-state index contributed by atoms with van der Waals surface area (Å²) in [5.41, 5.74) is 6.14. The first-order valence-corrected chi connectivity index (χ1v) is 10.2. The van der Waals surface area contributed by atoms with Crippen molar-refractivity contribution in [3.05, 3.63) is 29.8 Å². The molecule has 0 aromatic heterocycles. The summed E-state index contributed by atoms with van der Waals surface area (Å²) >= 11 is 0. The van der Waals surface area contributed by atoms with E-state index in [9.17, 15) is 18.3 Å². The summed E-state index contributed by atoms with van der Waals surface area (Å²) in [4.78, 5) is 11.4. The average Bonchev–Trinajstić information content (AvgIpc) is 2.57. The van der Waals surface area contributed by atoms with Crippen LogP contribution in [0.25, 0.3) is 0 Å². The van der Waals surface area contributed by atoms with Gasteiger partial charge in [-0.2, -0.15) is 0 Å². The van der Waals surface area contributed by atoms with Crippen LogP contribution in [0.1, 0.15) is 38.2 Å². The van der Waals surface area contributed by atoms with Gasteiger partial charge < -0.3 is 15.6 Å². The van der Waals surface area contributed by atoms with E-state index in [-0.39, 0.29) is 12.2 Å². The minimum absolute atomic E-state index is 0.0666. The number of carboxylic acids is 1. The molecule has 0 unspecified atom stereocenters. The molecule has 8 heteroatoms. The number of rotatable bonds is 13. The standard InChI is InChI=1S/C17H28N2O5S/c1-2-3-12-25(22,23)19-16(17(20)21)13-14-6-8-15(9-7-14)24-11-5-4-10-18/h6-9,16,19H,2-5,10-13,18H2,1H3,(H,20,21)/t16-/m1/s1. The number of nitrogens with two attached hydrogens (primary N) is 1. The number of hydrogen-bond acceptors (Lipinski definition) is 5. The van der Waals surface area contributed by atoms with E-state index in [1.165, 1.54) is 0 Å². The Labute approximate surface area is 149 Å². The maximum Gasteiger partial charge on any atom is 0.322 e. The molecule has 0 fully saturated rings. The van der Waals surface area contributed by atoms with Crippen LogP contribution in [0.15, 0.2) is 24.3 Å². The van der Waals surface area contributed by atoms with Gasteiger partial charge in [-0.05, 0) is 49.9 Å². The normalized spacial score (nSPS) is 12.7. The Bertz CT molecular complexity index is 616. The van der Waals surface area contributed by atoms with E-state index in [1.54, 1.807) is 24.3 Å². The van der Waals surface area contributed by atoms with Crippen molar-refractivity contribution in [3.8, 4) is 5.75 Å². The van der Waals surface area contributed by atoms with E-state index in [1.807, 2.05) is 6.92 Å². The zero-order valence-corrected chi connectivity index (χ0v) is 15.4. The maximum absolute atomic E-state index is 11.9. The third-order valence-corrected chi connectivity index (χ3v) is 5.09. The van der Waals surface area contributed by atoms with E-state index < -0.39 is 22.0 Å². The number of aliphatic carboxylic acids is 1. The molecule has 1 atom stereocenters. The van der Waals surface area contributed by atoms with E-state index in [2.05, 4.69) is 4.72 Å². The van der Waals surface area contributed by atoms with Gasteiger partial charge in [0.2, 0.25) is 10.0 Å². The van der Waals surface area contributed by atoms with Crippen LogP contribution in [0.3, 0.4) is 0 Å². The Balaban J connectivity index is 2.62. The van der Waals surface area contributed by atoms with Crippen LogP contribution < -0.4 is 15.2 Å². The highest BCUT2D eigenvalue weighted by molar-refractivity contribution is 7.89. The van der Waals surface area contributed by atoms with Crippen LogP contribution in [0.4, 0.5) is 0 Å².